The Balaban J connectivity index is 0.00000225. The number of rotatable bonds is 5. The van der Waals surface area contributed by atoms with Crippen molar-refractivity contribution >= 4 is 29.5 Å². The number of aliphatic carboxylic acids is 1. The number of para-hydroxylation sites is 1. The summed E-state index contributed by atoms with van der Waals surface area (Å²) in [6.45, 7) is 3.38. The van der Waals surface area contributed by atoms with E-state index in [1.807, 2.05) is 6.07 Å². The van der Waals surface area contributed by atoms with Crippen molar-refractivity contribution in [2.24, 2.45) is 0 Å². The molecule has 2 amide bonds. The van der Waals surface area contributed by atoms with E-state index in [-0.39, 0.29) is 90.2 Å². The number of carbonyl (C=O) groups excluding carboxylic acids is 2. The summed E-state index contributed by atoms with van der Waals surface area (Å²) in [5.41, 5.74) is 0. The van der Waals surface area contributed by atoms with Crippen LogP contribution in [0.25, 0.3) is 0 Å². The average molecular weight is 456 g/mol. The maximum absolute atomic E-state index is 12.2. The molecule has 0 spiro atoms. The monoisotopic (exact) mass is 454 g/mol. The van der Waals surface area contributed by atoms with E-state index in [2.05, 4.69) is 5.32 Å². The van der Waals surface area contributed by atoms with Crippen molar-refractivity contribution in [1.82, 2.24) is 10.2 Å². The third kappa shape index (κ3) is 4.71. The first-order valence-electron chi connectivity index (χ1n) is 7.51. The molecule has 1 aromatic carbocycles. The maximum Gasteiger partial charge on any atom is 1.00 e. The Labute approximate surface area is 212 Å². The van der Waals surface area contributed by atoms with Crippen LogP contribution in [0, 0.1) is 0 Å². The van der Waals surface area contributed by atoms with Crippen LogP contribution in [0.1, 0.15) is 15.3 Å². The van der Waals surface area contributed by atoms with Crippen LogP contribution in [0.3, 0.4) is 0 Å². The van der Waals surface area contributed by atoms with Crippen LogP contribution in [0.4, 0.5) is 0 Å². The number of fused-ring (bicyclic) bond motifs is 1. The van der Waals surface area contributed by atoms with E-state index in [1.54, 1.807) is 38.1 Å². The Morgan fingerprint density at radius 1 is 1.35 bits per heavy atom. The summed E-state index contributed by atoms with van der Waals surface area (Å²) < 4.78 is 4.74. The fourth-order valence-corrected chi connectivity index (χ4v) is 4.65. The SMILES string of the molecule is CC1(C)S[C@@H]2[C@H](NC(=O)COc3ccccc3)C(=O)N2[C@H]1C(=O)O.[H-].[K+].[Zn]. The molecule has 26 heavy (non-hydrogen) atoms. The molecule has 0 saturated carbocycles. The molecule has 7 nitrogen and oxygen atoms in total. The first kappa shape index (κ1) is 24.1. The van der Waals surface area contributed by atoms with Crippen LogP contribution in [0.2, 0.25) is 0 Å². The van der Waals surface area contributed by atoms with Gasteiger partial charge in [-0.3, -0.25) is 9.59 Å². The minimum absolute atomic E-state index is 0. The van der Waals surface area contributed by atoms with E-state index >= 15 is 0 Å². The van der Waals surface area contributed by atoms with E-state index in [0.717, 1.165) is 0 Å². The molecule has 10 heteroatoms. The normalized spacial score (nSPS) is 25.1. The summed E-state index contributed by atoms with van der Waals surface area (Å²) in [4.78, 5) is 37.0. The largest absolute Gasteiger partial charge is 1.00 e. The molecule has 2 aliphatic rings. The summed E-state index contributed by atoms with van der Waals surface area (Å²) in [6.07, 6.45) is 0. The van der Waals surface area contributed by atoms with E-state index in [4.69, 9.17) is 4.74 Å². The summed E-state index contributed by atoms with van der Waals surface area (Å²) in [5, 5.41) is 11.6. The molecule has 132 valence electrons. The molecule has 0 radical (unpaired) electrons. The molecule has 2 heterocycles. The number of thioether (sulfide) groups is 1. The van der Waals surface area contributed by atoms with Gasteiger partial charge in [-0.1, -0.05) is 18.2 Å². The van der Waals surface area contributed by atoms with Crippen LogP contribution < -0.4 is 61.4 Å². The topological polar surface area (TPSA) is 95.9 Å². The van der Waals surface area contributed by atoms with Crippen molar-refractivity contribution in [2.75, 3.05) is 6.61 Å². The quantitative estimate of drug-likeness (QED) is 0.387. The number of carbonyl (C=O) groups is 3. The van der Waals surface area contributed by atoms with E-state index in [1.165, 1.54) is 16.7 Å². The van der Waals surface area contributed by atoms with Gasteiger partial charge in [0.05, 0.1) is 0 Å². The number of β-lactam (4-membered cyclic amide) rings is 1. The van der Waals surface area contributed by atoms with Gasteiger partial charge in [0.2, 0.25) is 5.91 Å². The van der Waals surface area contributed by atoms with E-state index in [9.17, 15) is 19.5 Å². The summed E-state index contributed by atoms with van der Waals surface area (Å²) in [6, 6.07) is 7.31. The zero-order chi connectivity index (χ0) is 17.5. The Kier molecular flexibility index (Phi) is 8.79. The minimum Gasteiger partial charge on any atom is -1.00 e. The number of carboxylic acid groups (broad SMARTS) is 1. The number of carboxylic acids is 1. The van der Waals surface area contributed by atoms with Gasteiger partial charge in [-0.15, -0.1) is 11.8 Å². The number of benzene rings is 1. The summed E-state index contributed by atoms with van der Waals surface area (Å²) in [7, 11) is 0. The number of amides is 2. The second-order valence-corrected chi connectivity index (χ2v) is 8.02. The fourth-order valence-electron chi connectivity index (χ4n) is 3.03. The second kappa shape index (κ2) is 9.49. The Morgan fingerprint density at radius 2 is 1.96 bits per heavy atom. The van der Waals surface area contributed by atoms with E-state index < -0.39 is 28.7 Å². The van der Waals surface area contributed by atoms with Crippen molar-refractivity contribution in [3.63, 3.8) is 0 Å². The molecule has 0 aliphatic carbocycles. The molecule has 3 rings (SSSR count). The van der Waals surface area contributed by atoms with Gasteiger partial charge in [-0.2, -0.15) is 0 Å². The van der Waals surface area contributed by atoms with Crippen molar-refractivity contribution in [1.29, 1.82) is 0 Å². The Morgan fingerprint density at radius 3 is 2.54 bits per heavy atom. The van der Waals surface area contributed by atoms with Gasteiger partial charge in [0.15, 0.2) is 6.61 Å². The molecule has 2 saturated heterocycles. The van der Waals surface area contributed by atoms with Gasteiger partial charge < -0.3 is 21.5 Å². The number of nitrogens with zero attached hydrogens (tertiary/aromatic N) is 1. The zero-order valence-corrected chi connectivity index (χ0v) is 21.9. The van der Waals surface area contributed by atoms with Crippen LogP contribution in [-0.4, -0.2) is 56.6 Å². The Bertz CT molecular complexity index is 697. The van der Waals surface area contributed by atoms with E-state index in [0.29, 0.717) is 5.75 Å². The third-order valence-corrected chi connectivity index (χ3v) is 5.68. The molecular formula is C16H19KN2O5SZn. The van der Waals surface area contributed by atoms with Gasteiger partial charge in [0.1, 0.15) is 23.2 Å². The smallest absolute Gasteiger partial charge is 1.00 e. The first-order chi connectivity index (χ1) is 11.3. The van der Waals surface area contributed by atoms with Crippen molar-refractivity contribution in [3.05, 3.63) is 30.3 Å². The fraction of sp³-hybridized carbons (Fsp3) is 0.438. The zero-order valence-electron chi connectivity index (χ0n) is 16.0. The molecule has 1 aromatic rings. The van der Waals surface area contributed by atoms with Gasteiger partial charge in [-0.05, 0) is 26.0 Å². The standard InChI is InChI=1S/C16H18N2O5S.K.Zn.H/c1-16(2)12(15(21)22)18-13(20)11(14(18)24-16)17-10(19)8-23-9-6-4-3-5-7-9;;;/h3-7,11-12,14H,8H2,1-2H3,(H,17,19)(H,21,22);;;/q;+1;;-1/t11-,12+,14-;;;/m1.../s1. The van der Waals surface area contributed by atoms with Gasteiger partial charge >= 0.3 is 57.4 Å². The van der Waals surface area contributed by atoms with Gasteiger partial charge in [0.25, 0.3) is 5.91 Å². The van der Waals surface area contributed by atoms with Crippen molar-refractivity contribution in [3.8, 4) is 5.75 Å². The molecule has 0 aromatic heterocycles. The number of hydrogen-bond donors (Lipinski definition) is 2. The second-order valence-electron chi connectivity index (χ2n) is 6.25. The summed E-state index contributed by atoms with van der Waals surface area (Å²) in [5.74, 6) is -1.23. The molecule has 2 fully saturated rings. The van der Waals surface area contributed by atoms with Gasteiger partial charge in [0, 0.05) is 24.2 Å². The van der Waals surface area contributed by atoms with Crippen LogP contribution >= 0.6 is 11.8 Å². The van der Waals surface area contributed by atoms with Crippen molar-refractivity contribution < 1.29 is 96.5 Å². The molecule has 0 unspecified atom stereocenters. The maximum atomic E-state index is 12.2. The molecular weight excluding hydrogens is 437 g/mol. The molecule has 2 aliphatic heterocycles. The van der Waals surface area contributed by atoms with Crippen molar-refractivity contribution in [2.45, 2.75) is 36.1 Å². The molecule has 2 N–H and O–H groups in total. The van der Waals surface area contributed by atoms with Crippen LogP contribution in [0.15, 0.2) is 30.3 Å². The molecule has 3 atom stereocenters. The van der Waals surface area contributed by atoms with Gasteiger partial charge in [-0.25, -0.2) is 4.79 Å². The Hall–Kier alpha value is 0.0397. The number of nitrogens with one attached hydrogen (secondary N) is 1. The third-order valence-electron chi connectivity index (χ3n) is 4.10. The minimum atomic E-state index is -1.03. The predicted molar refractivity (Wildman–Crippen MR) is 88.7 cm³/mol. The number of hydrogen-bond acceptors (Lipinski definition) is 5. The van der Waals surface area contributed by atoms with Crippen LogP contribution in [0.5, 0.6) is 5.75 Å². The van der Waals surface area contributed by atoms with Crippen LogP contribution in [-0.2, 0) is 33.9 Å². The predicted octanol–water partition coefficient (Wildman–Crippen LogP) is -2.19. The summed E-state index contributed by atoms with van der Waals surface area (Å²) >= 11 is 1.39. The first-order valence-corrected chi connectivity index (χ1v) is 8.39. The average Bonchev–Trinajstić information content (AvgIpc) is 2.80. The molecule has 0 bridgehead atoms. The number of ether oxygens (including phenoxy) is 1.